The van der Waals surface area contributed by atoms with Gasteiger partial charge in [0.15, 0.2) is 0 Å². The lowest BCUT2D eigenvalue weighted by atomic mass is 9.81. The molecule has 1 N–H and O–H groups in total. The van der Waals surface area contributed by atoms with Gasteiger partial charge >= 0.3 is 24.4 Å². The lowest BCUT2D eigenvalue weighted by Crippen LogP contribution is -2.41. The smallest absolute Gasteiger partial charge is 0.416 e. The van der Waals surface area contributed by atoms with Crippen molar-refractivity contribution in [2.24, 2.45) is 18.9 Å². The number of aromatic nitrogens is 4. The maximum Gasteiger partial charge on any atom is 0.416 e. The van der Waals surface area contributed by atoms with Crippen molar-refractivity contribution in [2.45, 2.75) is 82.9 Å². The van der Waals surface area contributed by atoms with Gasteiger partial charge in [-0.05, 0) is 74.1 Å². The van der Waals surface area contributed by atoms with Crippen molar-refractivity contribution in [1.29, 1.82) is 0 Å². The molecule has 266 valence electrons. The molecule has 49 heavy (non-hydrogen) atoms. The van der Waals surface area contributed by atoms with Gasteiger partial charge in [-0.15, -0.1) is 0 Å². The van der Waals surface area contributed by atoms with Crippen LogP contribution in [0.4, 0.5) is 37.1 Å². The van der Waals surface area contributed by atoms with Crippen LogP contribution in [0.2, 0.25) is 0 Å². The van der Waals surface area contributed by atoms with Crippen LogP contribution in [0.25, 0.3) is 11.1 Å². The van der Waals surface area contributed by atoms with Crippen molar-refractivity contribution in [3.63, 3.8) is 0 Å². The number of aliphatic carboxylic acids is 1. The summed E-state index contributed by atoms with van der Waals surface area (Å²) in [6, 6.07) is 0.600. The standard InChI is InChI=1S/C33H38F6N6O4/c1-3-27-12-28(18-45(27)31(48)49-19-21-6-4-20(5-7-21)10-29(46)47)44(30-40-13-23(14-41-30)24-15-42-43(2)17-24)16-22-8-25(32(34,35)36)11-26(9-22)33(37,38)39/h8-9,11,13-15,17,20-21,27-28H,3-7,10,12,16,18-19H2,1-2H3,(H,46,47). The van der Waals surface area contributed by atoms with E-state index in [2.05, 4.69) is 15.1 Å². The molecule has 2 aliphatic rings. The number of likely N-dealkylation sites (tertiary alicyclic amines) is 1. The molecule has 2 unspecified atom stereocenters. The number of aryl methyl sites for hydroxylation is 1. The van der Waals surface area contributed by atoms with Crippen LogP contribution in [0.15, 0.2) is 43.0 Å². The molecule has 10 nitrogen and oxygen atoms in total. The summed E-state index contributed by atoms with van der Waals surface area (Å²) in [5, 5.41) is 13.2. The molecule has 1 aromatic carbocycles. The van der Waals surface area contributed by atoms with E-state index in [1.807, 2.05) is 6.92 Å². The predicted octanol–water partition coefficient (Wildman–Crippen LogP) is 7.19. The summed E-state index contributed by atoms with van der Waals surface area (Å²) in [7, 11) is 1.73. The number of halogens is 6. The highest BCUT2D eigenvalue weighted by atomic mass is 19.4. The number of carbonyl (C=O) groups excluding carboxylic acids is 1. The van der Waals surface area contributed by atoms with Gasteiger partial charge in [-0.3, -0.25) is 9.48 Å². The van der Waals surface area contributed by atoms with E-state index in [9.17, 15) is 35.9 Å². The van der Waals surface area contributed by atoms with Crippen molar-refractivity contribution < 1.29 is 45.8 Å². The molecule has 0 radical (unpaired) electrons. The fraction of sp³-hybridized carbons (Fsp3) is 0.545. The highest BCUT2D eigenvalue weighted by Crippen LogP contribution is 2.38. The van der Waals surface area contributed by atoms with E-state index in [0.717, 1.165) is 25.7 Å². The third-order valence-electron chi connectivity index (χ3n) is 9.34. The zero-order valence-electron chi connectivity index (χ0n) is 27.0. The van der Waals surface area contributed by atoms with Crippen LogP contribution >= 0.6 is 0 Å². The molecule has 3 heterocycles. The van der Waals surface area contributed by atoms with Crippen molar-refractivity contribution in [3.05, 3.63) is 59.7 Å². The fourth-order valence-corrected chi connectivity index (χ4v) is 6.71. The number of hydrogen-bond donors (Lipinski definition) is 1. The van der Waals surface area contributed by atoms with Crippen molar-refractivity contribution >= 4 is 18.0 Å². The maximum atomic E-state index is 13.7. The zero-order chi connectivity index (χ0) is 35.5. The number of rotatable bonds is 10. The Morgan fingerprint density at radius 2 is 1.55 bits per heavy atom. The summed E-state index contributed by atoms with van der Waals surface area (Å²) in [5.41, 5.74) is -1.77. The molecule has 1 aliphatic heterocycles. The van der Waals surface area contributed by atoms with Crippen LogP contribution in [0.5, 0.6) is 0 Å². The van der Waals surface area contributed by atoms with E-state index >= 15 is 0 Å². The predicted molar refractivity (Wildman–Crippen MR) is 165 cm³/mol. The van der Waals surface area contributed by atoms with Crippen molar-refractivity contribution in [1.82, 2.24) is 24.6 Å². The second kappa shape index (κ2) is 14.6. The molecule has 5 rings (SSSR count). The van der Waals surface area contributed by atoms with Crippen molar-refractivity contribution in [3.8, 4) is 11.1 Å². The van der Waals surface area contributed by atoms with E-state index in [1.54, 1.807) is 33.9 Å². The topological polar surface area (TPSA) is 114 Å². The molecule has 0 spiro atoms. The summed E-state index contributed by atoms with van der Waals surface area (Å²) in [5.74, 6) is -0.558. The number of carboxylic acid groups (broad SMARTS) is 1. The Hall–Kier alpha value is -4.37. The maximum absolute atomic E-state index is 13.7. The zero-order valence-corrected chi connectivity index (χ0v) is 27.0. The summed E-state index contributed by atoms with van der Waals surface area (Å²) in [6.45, 7) is 1.75. The number of benzene rings is 1. The second-order valence-corrected chi connectivity index (χ2v) is 12.9. The number of carboxylic acids is 1. The quantitative estimate of drug-likeness (QED) is 0.222. The largest absolute Gasteiger partial charge is 0.481 e. The third kappa shape index (κ3) is 9.01. The highest BCUT2D eigenvalue weighted by Gasteiger charge is 2.41. The first-order valence-electron chi connectivity index (χ1n) is 16.1. The first kappa shape index (κ1) is 35.9. The average molecular weight is 697 g/mol. The van der Waals surface area contributed by atoms with E-state index in [0.29, 0.717) is 36.1 Å². The Morgan fingerprint density at radius 1 is 0.939 bits per heavy atom. The number of ether oxygens (including phenoxy) is 1. The Morgan fingerprint density at radius 3 is 2.08 bits per heavy atom. The molecule has 2 atom stereocenters. The number of hydrogen-bond acceptors (Lipinski definition) is 7. The van der Waals surface area contributed by atoms with Gasteiger partial charge in [0.2, 0.25) is 5.95 Å². The van der Waals surface area contributed by atoms with Gasteiger partial charge in [0.05, 0.1) is 30.0 Å². The molecule has 2 fully saturated rings. The monoisotopic (exact) mass is 696 g/mol. The molecule has 1 saturated heterocycles. The van der Waals surface area contributed by atoms with E-state index in [-0.39, 0.29) is 61.6 Å². The highest BCUT2D eigenvalue weighted by molar-refractivity contribution is 5.69. The number of nitrogens with zero attached hydrogens (tertiary/aromatic N) is 6. The van der Waals surface area contributed by atoms with Gasteiger partial charge < -0.3 is 19.6 Å². The molecule has 16 heteroatoms. The van der Waals surface area contributed by atoms with Gasteiger partial charge in [0.1, 0.15) is 0 Å². The van der Waals surface area contributed by atoms with Crippen LogP contribution in [-0.4, -0.2) is 67.1 Å². The molecule has 2 aromatic heterocycles. The van der Waals surface area contributed by atoms with Crippen LogP contribution in [0, 0.1) is 11.8 Å². The second-order valence-electron chi connectivity index (χ2n) is 12.9. The van der Waals surface area contributed by atoms with Crippen LogP contribution in [0.3, 0.4) is 0 Å². The van der Waals surface area contributed by atoms with Gasteiger partial charge in [0.25, 0.3) is 0 Å². The average Bonchev–Trinajstić information content (AvgIpc) is 3.68. The normalized spacial score (nSPS) is 21.5. The van der Waals surface area contributed by atoms with Gasteiger partial charge in [-0.1, -0.05) is 6.92 Å². The number of amides is 1. The molecule has 3 aromatic rings. The lowest BCUT2D eigenvalue weighted by molar-refractivity contribution is -0.143. The van der Waals surface area contributed by atoms with E-state index in [4.69, 9.17) is 9.84 Å². The number of carbonyl (C=O) groups is 2. The first-order valence-corrected chi connectivity index (χ1v) is 16.1. The molecule has 0 bridgehead atoms. The van der Waals surface area contributed by atoms with Gasteiger partial charge in [0, 0.05) is 62.3 Å². The SMILES string of the molecule is CCC1CC(N(Cc2cc(C(F)(F)F)cc(C(F)(F)F)c2)c2ncc(-c3cnn(C)c3)cn2)CN1C(=O)OCC1CCC(CC(=O)O)CC1. The van der Waals surface area contributed by atoms with Crippen LogP contribution in [-0.2, 0) is 35.5 Å². The van der Waals surface area contributed by atoms with E-state index in [1.165, 1.54) is 12.4 Å². The van der Waals surface area contributed by atoms with Crippen LogP contribution in [0.1, 0.15) is 68.6 Å². The van der Waals surface area contributed by atoms with E-state index < -0.39 is 41.6 Å². The van der Waals surface area contributed by atoms with Gasteiger partial charge in [-0.2, -0.15) is 31.4 Å². The van der Waals surface area contributed by atoms with Crippen molar-refractivity contribution in [2.75, 3.05) is 18.1 Å². The first-order chi connectivity index (χ1) is 23.1. The molecule has 1 aliphatic carbocycles. The minimum atomic E-state index is -5.01. The van der Waals surface area contributed by atoms with Crippen LogP contribution < -0.4 is 4.90 Å². The summed E-state index contributed by atoms with van der Waals surface area (Å²) >= 11 is 0. The minimum Gasteiger partial charge on any atom is -0.481 e. The number of alkyl halides is 6. The summed E-state index contributed by atoms with van der Waals surface area (Å²) in [4.78, 5) is 36.4. The minimum absolute atomic E-state index is 0.0757. The fourth-order valence-electron chi connectivity index (χ4n) is 6.71. The Kier molecular flexibility index (Phi) is 10.7. The molecular formula is C33H38F6N6O4. The molecular weight excluding hydrogens is 658 g/mol. The van der Waals surface area contributed by atoms with Gasteiger partial charge in [-0.25, -0.2) is 14.8 Å². The number of anilines is 1. The molecule has 1 amide bonds. The summed E-state index contributed by atoms with van der Waals surface area (Å²) < 4.78 is 89.6. The Bertz CT molecular complexity index is 1570. The molecule has 1 saturated carbocycles. The third-order valence-corrected chi connectivity index (χ3v) is 9.34. The summed E-state index contributed by atoms with van der Waals surface area (Å²) in [6.07, 6.45) is -0.298. The lowest BCUT2D eigenvalue weighted by Gasteiger charge is -2.30. The Balaban J connectivity index is 1.38. The Labute approximate surface area is 279 Å².